The molecule has 0 aromatic carbocycles. The zero-order chi connectivity index (χ0) is 12.7. The van der Waals surface area contributed by atoms with Crippen LogP contribution in [0.4, 0.5) is 0 Å². The van der Waals surface area contributed by atoms with Crippen LogP contribution < -0.4 is 5.32 Å². The molecule has 1 rings (SSSR count). The van der Waals surface area contributed by atoms with Crippen LogP contribution in [-0.2, 0) is 0 Å². The van der Waals surface area contributed by atoms with Crippen molar-refractivity contribution in [1.29, 1.82) is 0 Å². The van der Waals surface area contributed by atoms with Gasteiger partial charge in [0.25, 0.3) is 0 Å². The molecule has 1 aliphatic rings. The molecule has 3 nitrogen and oxygen atoms in total. The molecule has 1 aliphatic heterocycles. The van der Waals surface area contributed by atoms with Crippen LogP contribution in [0.3, 0.4) is 0 Å². The van der Waals surface area contributed by atoms with Gasteiger partial charge in [-0.1, -0.05) is 30.9 Å². The third-order valence-corrected chi connectivity index (χ3v) is 3.20. The lowest BCUT2D eigenvalue weighted by atomic mass is 10.1. The number of rotatable bonds is 6. The molecule has 0 amide bonds. The van der Waals surface area contributed by atoms with Crippen LogP contribution in [0.25, 0.3) is 0 Å². The first kappa shape index (κ1) is 14.2. The quantitative estimate of drug-likeness (QED) is 0.683. The van der Waals surface area contributed by atoms with Crippen molar-refractivity contribution in [2.45, 2.75) is 25.5 Å². The van der Waals surface area contributed by atoms with Crippen LogP contribution in [-0.4, -0.2) is 48.8 Å². The number of aliphatic hydroxyl groups is 1. The number of nitrogens with zero attached hydrogens (tertiary/aromatic N) is 1. The van der Waals surface area contributed by atoms with Gasteiger partial charge in [0.15, 0.2) is 0 Å². The lowest BCUT2D eigenvalue weighted by molar-refractivity contribution is 0.174. The third kappa shape index (κ3) is 4.46. The predicted molar refractivity (Wildman–Crippen MR) is 73.0 cm³/mol. The number of β-amino-alcohol motifs (C(OH)–C–C–N with tert-alkyl or cyclic N) is 1. The van der Waals surface area contributed by atoms with E-state index in [1.165, 1.54) is 5.57 Å². The molecule has 0 spiro atoms. The minimum absolute atomic E-state index is 0.148. The van der Waals surface area contributed by atoms with Crippen LogP contribution >= 0.6 is 0 Å². The molecule has 0 aromatic heterocycles. The first-order valence-electron chi connectivity index (χ1n) is 6.24. The summed E-state index contributed by atoms with van der Waals surface area (Å²) in [5.41, 5.74) is 1.26. The Bertz CT molecular complexity index is 297. The molecule has 2 unspecified atom stereocenters. The van der Waals surface area contributed by atoms with Gasteiger partial charge in [-0.3, -0.25) is 4.90 Å². The highest BCUT2D eigenvalue weighted by Crippen LogP contribution is 2.13. The van der Waals surface area contributed by atoms with E-state index in [2.05, 4.69) is 28.9 Å². The molecular formula is C14H24N2O. The second kappa shape index (κ2) is 7.43. The minimum atomic E-state index is -0.148. The molecule has 1 heterocycles. The van der Waals surface area contributed by atoms with E-state index in [9.17, 15) is 5.11 Å². The molecule has 1 fully saturated rings. The lowest BCUT2D eigenvalue weighted by Crippen LogP contribution is -2.39. The van der Waals surface area contributed by atoms with Crippen molar-refractivity contribution >= 4 is 0 Å². The average Bonchev–Trinajstić information content (AvgIpc) is 2.74. The van der Waals surface area contributed by atoms with Gasteiger partial charge in [0.2, 0.25) is 0 Å². The van der Waals surface area contributed by atoms with Crippen molar-refractivity contribution in [3.63, 3.8) is 0 Å². The predicted octanol–water partition coefficient (Wildman–Crippen LogP) is 1.33. The van der Waals surface area contributed by atoms with Crippen molar-refractivity contribution in [2.24, 2.45) is 0 Å². The largest absolute Gasteiger partial charge is 0.392 e. The van der Waals surface area contributed by atoms with E-state index in [0.717, 1.165) is 26.1 Å². The Kier molecular flexibility index (Phi) is 6.19. The maximum atomic E-state index is 9.52. The molecule has 1 saturated heterocycles. The van der Waals surface area contributed by atoms with Crippen LogP contribution in [0.1, 0.15) is 13.3 Å². The van der Waals surface area contributed by atoms with E-state index < -0.39 is 0 Å². The van der Waals surface area contributed by atoms with Gasteiger partial charge in [0, 0.05) is 25.7 Å². The van der Waals surface area contributed by atoms with E-state index in [1.54, 1.807) is 6.08 Å². The van der Waals surface area contributed by atoms with Gasteiger partial charge in [0.05, 0.1) is 6.10 Å². The second-order valence-electron chi connectivity index (χ2n) is 4.43. The number of likely N-dealkylation sites (N-methyl/N-ethyl adjacent to an activating group) is 1. The summed E-state index contributed by atoms with van der Waals surface area (Å²) < 4.78 is 0. The van der Waals surface area contributed by atoms with Gasteiger partial charge in [-0.15, -0.1) is 0 Å². The monoisotopic (exact) mass is 236 g/mol. The fraction of sp³-hybridized carbons (Fsp3) is 0.571. The first-order valence-corrected chi connectivity index (χ1v) is 6.24. The number of hydrogen-bond donors (Lipinski definition) is 2. The zero-order valence-electron chi connectivity index (χ0n) is 10.9. The van der Waals surface area contributed by atoms with E-state index >= 15 is 0 Å². The maximum Gasteiger partial charge on any atom is 0.0679 e. The Balaban J connectivity index is 2.57. The summed E-state index contributed by atoms with van der Waals surface area (Å²) in [5, 5.41) is 12.8. The van der Waals surface area contributed by atoms with Gasteiger partial charge in [-0.05, 0) is 26.0 Å². The Hall–Kier alpha value is -0.900. The van der Waals surface area contributed by atoms with Gasteiger partial charge in [0.1, 0.15) is 0 Å². The van der Waals surface area contributed by atoms with Gasteiger partial charge >= 0.3 is 0 Å². The molecule has 3 heteroatoms. The molecule has 2 atom stereocenters. The molecule has 0 bridgehead atoms. The van der Waals surface area contributed by atoms with E-state index in [1.807, 2.05) is 20.0 Å². The number of nitrogens with one attached hydrogen (secondary N) is 1. The molecule has 0 saturated carbocycles. The second-order valence-corrected chi connectivity index (χ2v) is 4.43. The van der Waals surface area contributed by atoms with Crippen LogP contribution in [0.15, 0.2) is 36.5 Å². The number of aliphatic hydroxyl groups excluding tert-OH is 1. The van der Waals surface area contributed by atoms with Gasteiger partial charge in [-0.2, -0.15) is 0 Å². The van der Waals surface area contributed by atoms with Crippen LogP contribution in [0.2, 0.25) is 0 Å². The Labute approximate surface area is 105 Å². The van der Waals surface area contributed by atoms with Crippen molar-refractivity contribution in [3.8, 4) is 0 Å². The summed E-state index contributed by atoms with van der Waals surface area (Å²) >= 11 is 0. The first-order chi connectivity index (χ1) is 8.21. The molecule has 17 heavy (non-hydrogen) atoms. The summed E-state index contributed by atoms with van der Waals surface area (Å²) in [6.45, 7) is 8.45. The van der Waals surface area contributed by atoms with Crippen molar-refractivity contribution in [1.82, 2.24) is 10.2 Å². The Morgan fingerprint density at radius 1 is 1.65 bits per heavy atom. The minimum Gasteiger partial charge on any atom is -0.392 e. The molecule has 96 valence electrons. The molecule has 0 aromatic rings. The summed E-state index contributed by atoms with van der Waals surface area (Å²) in [6.07, 6.45) is 8.69. The standard InChI is InChI=1S/C14H24N2O/c1-4-6-7-12(5-2)14(15-3)11-16-9-8-13(17)10-16/h4-7,13-15,17H,1,8-11H2,2-3H3/b7-6-,12-5+. The number of allylic oxidation sites excluding steroid dienone is 3. The summed E-state index contributed by atoms with van der Waals surface area (Å²) in [6, 6.07) is 0.307. The molecule has 2 N–H and O–H groups in total. The highest BCUT2D eigenvalue weighted by Gasteiger charge is 2.23. The molecule has 0 aliphatic carbocycles. The summed E-state index contributed by atoms with van der Waals surface area (Å²) in [7, 11) is 1.97. The smallest absolute Gasteiger partial charge is 0.0679 e. The highest BCUT2D eigenvalue weighted by molar-refractivity contribution is 5.26. The topological polar surface area (TPSA) is 35.5 Å². The lowest BCUT2D eigenvalue weighted by Gasteiger charge is -2.24. The van der Waals surface area contributed by atoms with Gasteiger partial charge in [-0.25, -0.2) is 0 Å². The van der Waals surface area contributed by atoms with Crippen LogP contribution in [0.5, 0.6) is 0 Å². The van der Waals surface area contributed by atoms with Gasteiger partial charge < -0.3 is 10.4 Å². The third-order valence-electron chi connectivity index (χ3n) is 3.20. The van der Waals surface area contributed by atoms with E-state index in [0.29, 0.717) is 6.04 Å². The van der Waals surface area contributed by atoms with Crippen LogP contribution in [0, 0.1) is 0 Å². The molecule has 0 radical (unpaired) electrons. The Morgan fingerprint density at radius 3 is 2.88 bits per heavy atom. The van der Waals surface area contributed by atoms with Crippen molar-refractivity contribution in [3.05, 3.63) is 36.5 Å². The SMILES string of the molecule is C=C/C=C\C(=C/C)C(CN1CCC(O)C1)NC. The summed E-state index contributed by atoms with van der Waals surface area (Å²) in [5.74, 6) is 0. The Morgan fingerprint density at radius 2 is 2.41 bits per heavy atom. The highest BCUT2D eigenvalue weighted by atomic mass is 16.3. The fourth-order valence-corrected chi connectivity index (χ4v) is 2.19. The van der Waals surface area contributed by atoms with Crippen molar-refractivity contribution < 1.29 is 5.11 Å². The molecular weight excluding hydrogens is 212 g/mol. The number of hydrogen-bond acceptors (Lipinski definition) is 3. The average molecular weight is 236 g/mol. The maximum absolute atomic E-state index is 9.52. The normalized spacial score (nSPS) is 24.4. The zero-order valence-corrected chi connectivity index (χ0v) is 10.9. The van der Waals surface area contributed by atoms with Crippen molar-refractivity contribution in [2.75, 3.05) is 26.7 Å². The summed E-state index contributed by atoms with van der Waals surface area (Å²) in [4.78, 5) is 2.30. The number of likely N-dealkylation sites (tertiary alicyclic amines) is 1. The van der Waals surface area contributed by atoms with E-state index in [-0.39, 0.29) is 6.10 Å². The fourth-order valence-electron chi connectivity index (χ4n) is 2.19. The van der Waals surface area contributed by atoms with E-state index in [4.69, 9.17) is 0 Å².